The summed E-state index contributed by atoms with van der Waals surface area (Å²) in [5.41, 5.74) is 2.74. The largest absolute Gasteiger partial charge is 0.503 e. The molecule has 3 aromatic rings. The summed E-state index contributed by atoms with van der Waals surface area (Å²) in [5.74, 6) is -0.00901. The topological polar surface area (TPSA) is 62.1 Å². The van der Waals surface area contributed by atoms with Gasteiger partial charge in [-0.1, -0.05) is 72.3 Å². The summed E-state index contributed by atoms with van der Waals surface area (Å²) in [6.07, 6.45) is 1.74. The van der Waals surface area contributed by atoms with Gasteiger partial charge in [0.05, 0.1) is 30.1 Å². The zero-order valence-electron chi connectivity index (χ0n) is 17.4. The van der Waals surface area contributed by atoms with Crippen molar-refractivity contribution < 1.29 is 14.6 Å². The molecule has 0 atom stereocenters. The first-order valence-corrected chi connectivity index (χ1v) is 11.1. The number of phenolic OH excluding ortho intramolecular Hbond substituents is 1. The van der Waals surface area contributed by atoms with Gasteiger partial charge in [-0.05, 0) is 46.7 Å². The number of carbonyl (C=O) groups excluding carboxylic acids is 1. The van der Waals surface area contributed by atoms with Crippen LogP contribution in [0.15, 0.2) is 82.7 Å². The van der Waals surface area contributed by atoms with E-state index in [-0.39, 0.29) is 22.4 Å². The second kappa shape index (κ2) is 9.94. The van der Waals surface area contributed by atoms with Crippen molar-refractivity contribution >= 4 is 40.5 Å². The van der Waals surface area contributed by atoms with Crippen LogP contribution in [0.1, 0.15) is 16.7 Å². The minimum atomic E-state index is -0.131. The molecule has 1 aliphatic heterocycles. The van der Waals surface area contributed by atoms with E-state index < -0.39 is 0 Å². The van der Waals surface area contributed by atoms with E-state index in [1.807, 2.05) is 60.7 Å². The molecule has 0 saturated carbocycles. The lowest BCUT2D eigenvalue weighted by molar-refractivity contribution is -0.122. The Morgan fingerprint density at radius 1 is 1.06 bits per heavy atom. The summed E-state index contributed by atoms with van der Waals surface area (Å²) >= 11 is 7.44. The van der Waals surface area contributed by atoms with Gasteiger partial charge < -0.3 is 9.84 Å². The van der Waals surface area contributed by atoms with Crippen molar-refractivity contribution in [3.63, 3.8) is 0 Å². The molecular formula is C25H21ClN2O3S. The fourth-order valence-electron chi connectivity index (χ4n) is 3.26. The van der Waals surface area contributed by atoms with Crippen LogP contribution in [0.2, 0.25) is 5.02 Å². The van der Waals surface area contributed by atoms with E-state index in [1.165, 1.54) is 18.9 Å². The fraction of sp³-hybridized carbons (Fsp3) is 0.120. The maximum Gasteiger partial charge on any atom is 0.267 e. The number of phenols is 1. The molecule has 0 aliphatic carbocycles. The van der Waals surface area contributed by atoms with Crippen LogP contribution in [0, 0.1) is 0 Å². The van der Waals surface area contributed by atoms with Crippen molar-refractivity contribution in [2.24, 2.45) is 4.99 Å². The molecule has 32 heavy (non-hydrogen) atoms. The van der Waals surface area contributed by atoms with Gasteiger partial charge >= 0.3 is 0 Å². The fourth-order valence-corrected chi connectivity index (χ4v) is 4.45. The number of benzene rings is 3. The Labute approximate surface area is 196 Å². The molecule has 4 rings (SSSR count). The van der Waals surface area contributed by atoms with Crippen LogP contribution in [0.25, 0.3) is 6.08 Å². The number of hydrogen-bond acceptors (Lipinski definition) is 5. The van der Waals surface area contributed by atoms with Gasteiger partial charge in [0, 0.05) is 0 Å². The van der Waals surface area contributed by atoms with Crippen LogP contribution in [0.3, 0.4) is 0 Å². The minimum Gasteiger partial charge on any atom is -0.503 e. The van der Waals surface area contributed by atoms with Crippen LogP contribution < -0.4 is 4.74 Å². The number of hydrogen-bond donors (Lipinski definition) is 1. The Morgan fingerprint density at radius 2 is 1.72 bits per heavy atom. The zero-order chi connectivity index (χ0) is 22.5. The van der Waals surface area contributed by atoms with Gasteiger partial charge in [0.2, 0.25) is 0 Å². The highest BCUT2D eigenvalue weighted by molar-refractivity contribution is 8.18. The predicted octanol–water partition coefficient (Wildman–Crippen LogP) is 5.73. The number of aromatic hydroxyl groups is 1. The van der Waals surface area contributed by atoms with Gasteiger partial charge in [-0.3, -0.25) is 14.7 Å². The summed E-state index contributed by atoms with van der Waals surface area (Å²) in [6.45, 7) is 0.908. The predicted molar refractivity (Wildman–Crippen MR) is 130 cm³/mol. The zero-order valence-corrected chi connectivity index (χ0v) is 18.9. The molecule has 0 radical (unpaired) electrons. The number of rotatable bonds is 6. The normalized spacial score (nSPS) is 16.2. The summed E-state index contributed by atoms with van der Waals surface area (Å²) < 4.78 is 5.18. The van der Waals surface area contributed by atoms with Gasteiger partial charge in [-0.25, -0.2) is 0 Å². The third-order valence-electron chi connectivity index (χ3n) is 4.88. The third kappa shape index (κ3) is 4.98. The third-order valence-corrected chi connectivity index (χ3v) is 6.21. The lowest BCUT2D eigenvalue weighted by Gasteiger charge is -2.15. The second-order valence-corrected chi connectivity index (χ2v) is 8.54. The molecule has 1 saturated heterocycles. The second-order valence-electron chi connectivity index (χ2n) is 7.13. The van der Waals surface area contributed by atoms with Crippen molar-refractivity contribution in [1.82, 2.24) is 4.90 Å². The van der Waals surface area contributed by atoms with Crippen molar-refractivity contribution in [2.45, 2.75) is 13.1 Å². The molecule has 3 aromatic carbocycles. The molecule has 1 fully saturated rings. The van der Waals surface area contributed by atoms with Gasteiger partial charge in [-0.15, -0.1) is 0 Å². The summed E-state index contributed by atoms with van der Waals surface area (Å²) in [6, 6.07) is 23.0. The average Bonchev–Trinajstić information content (AvgIpc) is 3.10. The molecule has 0 aromatic heterocycles. The lowest BCUT2D eigenvalue weighted by Crippen LogP contribution is -2.28. The van der Waals surface area contributed by atoms with Crippen LogP contribution in [0.4, 0.5) is 0 Å². The molecule has 1 N–H and O–H groups in total. The first-order valence-electron chi connectivity index (χ1n) is 9.95. The van der Waals surface area contributed by atoms with Gasteiger partial charge in [0.1, 0.15) is 0 Å². The molecule has 0 unspecified atom stereocenters. The van der Waals surface area contributed by atoms with Gasteiger partial charge in [0.25, 0.3) is 5.91 Å². The smallest absolute Gasteiger partial charge is 0.267 e. The molecule has 5 nitrogen and oxygen atoms in total. The maximum atomic E-state index is 13.3. The first-order chi connectivity index (χ1) is 15.5. The van der Waals surface area contributed by atoms with Crippen molar-refractivity contribution in [1.29, 1.82) is 0 Å². The van der Waals surface area contributed by atoms with E-state index in [2.05, 4.69) is 0 Å². The number of methoxy groups -OCH3 is 1. The highest BCUT2D eigenvalue weighted by Gasteiger charge is 2.33. The SMILES string of the molecule is COc1cc(C=C2SC(=NCc3ccccc3)N(Cc3ccccc3)C2=O)cc(Cl)c1O. The van der Waals surface area contributed by atoms with E-state index in [9.17, 15) is 9.90 Å². The maximum absolute atomic E-state index is 13.3. The van der Waals surface area contributed by atoms with E-state index in [0.29, 0.717) is 28.7 Å². The molecule has 7 heteroatoms. The molecule has 1 amide bonds. The summed E-state index contributed by atoms with van der Waals surface area (Å²) in [4.78, 5) is 20.2. The lowest BCUT2D eigenvalue weighted by atomic mass is 10.1. The van der Waals surface area contributed by atoms with Gasteiger partial charge in [0.15, 0.2) is 16.7 Å². The number of amidine groups is 1. The summed E-state index contributed by atoms with van der Waals surface area (Å²) in [7, 11) is 1.45. The number of carbonyl (C=O) groups is 1. The summed E-state index contributed by atoms with van der Waals surface area (Å²) in [5, 5.41) is 10.8. The van der Waals surface area contributed by atoms with Crippen molar-refractivity contribution in [3.05, 3.63) is 99.4 Å². The number of nitrogens with zero attached hydrogens (tertiary/aromatic N) is 2. The molecule has 1 aliphatic rings. The van der Waals surface area contributed by atoms with E-state index >= 15 is 0 Å². The Bertz CT molecular complexity index is 1180. The molecule has 0 bridgehead atoms. The molecular weight excluding hydrogens is 444 g/mol. The van der Waals surface area contributed by atoms with Crippen molar-refractivity contribution in [3.8, 4) is 11.5 Å². The van der Waals surface area contributed by atoms with Crippen LogP contribution in [0.5, 0.6) is 11.5 Å². The van der Waals surface area contributed by atoms with E-state index in [0.717, 1.165) is 11.1 Å². The van der Waals surface area contributed by atoms with Gasteiger partial charge in [-0.2, -0.15) is 0 Å². The first kappa shape index (κ1) is 22.0. The highest BCUT2D eigenvalue weighted by atomic mass is 35.5. The average molecular weight is 465 g/mol. The standard InChI is InChI=1S/C25H21ClN2O3S/c1-31-21-13-19(12-20(26)23(21)29)14-22-24(30)28(16-18-10-6-3-7-11-18)25(32-22)27-15-17-8-4-2-5-9-17/h2-14,29H,15-16H2,1H3. The molecule has 0 spiro atoms. The Morgan fingerprint density at radius 3 is 2.38 bits per heavy atom. The Kier molecular flexibility index (Phi) is 6.83. The number of amides is 1. The van der Waals surface area contributed by atoms with E-state index in [4.69, 9.17) is 21.3 Å². The highest BCUT2D eigenvalue weighted by Crippen LogP contribution is 2.38. The van der Waals surface area contributed by atoms with Crippen LogP contribution in [-0.4, -0.2) is 28.2 Å². The molecule has 1 heterocycles. The van der Waals surface area contributed by atoms with Crippen LogP contribution in [-0.2, 0) is 17.9 Å². The van der Waals surface area contributed by atoms with Crippen LogP contribution >= 0.6 is 23.4 Å². The Hall–Kier alpha value is -3.22. The van der Waals surface area contributed by atoms with E-state index in [1.54, 1.807) is 23.1 Å². The monoisotopic (exact) mass is 464 g/mol. The van der Waals surface area contributed by atoms with Crippen molar-refractivity contribution in [2.75, 3.05) is 7.11 Å². The number of halogens is 1. The Balaban J connectivity index is 1.67. The quantitative estimate of drug-likeness (QED) is 0.473. The molecule has 162 valence electrons. The minimum absolute atomic E-state index is 0.127. The number of aliphatic imine (C=N–C) groups is 1. The number of thioether (sulfide) groups is 1. The number of ether oxygens (including phenoxy) is 1.